The molecule has 1 fully saturated rings. The molecule has 2 aromatic heterocycles. The molecule has 0 unspecified atom stereocenters. The SMILES string of the molecule is O=C(c1ccc2ncc(Cl)cc2n1)N1C[CH]CCC1. The van der Waals surface area contributed by atoms with Gasteiger partial charge >= 0.3 is 0 Å². The highest BCUT2D eigenvalue weighted by Crippen LogP contribution is 2.17. The lowest BCUT2D eigenvalue weighted by Gasteiger charge is -2.26. The maximum atomic E-state index is 12.3. The zero-order chi connectivity index (χ0) is 13.2. The molecule has 5 heteroatoms. The van der Waals surface area contributed by atoms with Gasteiger partial charge in [-0.3, -0.25) is 9.78 Å². The van der Waals surface area contributed by atoms with Crippen LogP contribution in [0.25, 0.3) is 11.0 Å². The maximum absolute atomic E-state index is 12.3. The number of likely N-dealkylation sites (tertiary alicyclic amines) is 1. The molecule has 1 aliphatic rings. The third kappa shape index (κ3) is 2.54. The molecule has 97 valence electrons. The Labute approximate surface area is 116 Å². The summed E-state index contributed by atoms with van der Waals surface area (Å²) in [5.74, 6) is -0.0298. The third-order valence-corrected chi connectivity index (χ3v) is 3.40. The predicted octanol–water partition coefficient (Wildman–Crippen LogP) is 2.72. The number of fused-ring (bicyclic) bond motifs is 1. The summed E-state index contributed by atoms with van der Waals surface area (Å²) in [6.45, 7) is 1.50. The second-order valence-corrected chi connectivity index (χ2v) is 5.01. The lowest BCUT2D eigenvalue weighted by Crippen LogP contribution is -2.36. The van der Waals surface area contributed by atoms with Gasteiger partial charge in [-0.25, -0.2) is 4.98 Å². The maximum Gasteiger partial charge on any atom is 0.272 e. The summed E-state index contributed by atoms with van der Waals surface area (Å²) in [4.78, 5) is 22.7. The minimum absolute atomic E-state index is 0.0298. The molecule has 0 aliphatic carbocycles. The Morgan fingerprint density at radius 3 is 3.00 bits per heavy atom. The van der Waals surface area contributed by atoms with Crippen molar-refractivity contribution >= 4 is 28.5 Å². The van der Waals surface area contributed by atoms with Gasteiger partial charge in [0.05, 0.1) is 16.1 Å². The summed E-state index contributed by atoms with van der Waals surface area (Å²) in [7, 11) is 0. The van der Waals surface area contributed by atoms with Crippen LogP contribution in [0, 0.1) is 6.42 Å². The number of piperidine rings is 1. The second-order valence-electron chi connectivity index (χ2n) is 4.57. The number of aromatic nitrogens is 2. The van der Waals surface area contributed by atoms with Gasteiger partial charge in [0.25, 0.3) is 5.91 Å². The van der Waals surface area contributed by atoms with Gasteiger partial charge in [0.2, 0.25) is 0 Å². The van der Waals surface area contributed by atoms with Gasteiger partial charge in [-0.1, -0.05) is 11.6 Å². The Hall–Kier alpha value is -1.68. The number of pyridine rings is 2. The molecule has 1 amide bonds. The summed E-state index contributed by atoms with van der Waals surface area (Å²) in [5, 5.41) is 0.524. The minimum Gasteiger partial charge on any atom is -0.337 e. The van der Waals surface area contributed by atoms with Crippen LogP contribution in [-0.4, -0.2) is 33.9 Å². The van der Waals surface area contributed by atoms with Crippen molar-refractivity contribution in [1.82, 2.24) is 14.9 Å². The first kappa shape index (κ1) is 12.4. The van der Waals surface area contributed by atoms with Gasteiger partial charge in [-0.05, 0) is 37.5 Å². The van der Waals surface area contributed by atoms with Gasteiger partial charge in [0, 0.05) is 19.3 Å². The molecular weight excluding hydrogens is 262 g/mol. The summed E-state index contributed by atoms with van der Waals surface area (Å²) in [6, 6.07) is 5.25. The topological polar surface area (TPSA) is 46.1 Å². The van der Waals surface area contributed by atoms with Crippen LogP contribution in [0.5, 0.6) is 0 Å². The molecule has 0 saturated carbocycles. The Morgan fingerprint density at radius 1 is 1.32 bits per heavy atom. The molecule has 0 N–H and O–H groups in total. The van der Waals surface area contributed by atoms with Crippen LogP contribution in [0.3, 0.4) is 0 Å². The molecule has 4 nitrogen and oxygen atoms in total. The zero-order valence-corrected chi connectivity index (χ0v) is 11.1. The van der Waals surface area contributed by atoms with Gasteiger partial charge < -0.3 is 4.90 Å². The molecule has 1 radical (unpaired) electrons. The van der Waals surface area contributed by atoms with Gasteiger partial charge in [-0.15, -0.1) is 0 Å². The van der Waals surface area contributed by atoms with E-state index in [4.69, 9.17) is 11.6 Å². The Morgan fingerprint density at radius 2 is 2.21 bits per heavy atom. The molecule has 1 saturated heterocycles. The van der Waals surface area contributed by atoms with Gasteiger partial charge in [0.1, 0.15) is 5.69 Å². The third-order valence-electron chi connectivity index (χ3n) is 3.20. The van der Waals surface area contributed by atoms with E-state index in [1.165, 1.54) is 0 Å². The number of carbonyl (C=O) groups is 1. The molecule has 0 aromatic carbocycles. The van der Waals surface area contributed by atoms with E-state index in [2.05, 4.69) is 16.4 Å². The average molecular weight is 275 g/mol. The fraction of sp³-hybridized carbons (Fsp3) is 0.286. The van der Waals surface area contributed by atoms with Crippen molar-refractivity contribution in [2.45, 2.75) is 12.8 Å². The number of carbonyl (C=O) groups excluding carboxylic acids is 1. The largest absolute Gasteiger partial charge is 0.337 e. The number of rotatable bonds is 1. The normalized spacial score (nSPS) is 15.7. The first-order valence-electron chi connectivity index (χ1n) is 6.27. The highest BCUT2D eigenvalue weighted by Gasteiger charge is 2.19. The van der Waals surface area contributed by atoms with Gasteiger partial charge in [0.15, 0.2) is 0 Å². The molecule has 2 aromatic rings. The van der Waals surface area contributed by atoms with E-state index in [0.29, 0.717) is 22.8 Å². The van der Waals surface area contributed by atoms with Crippen molar-refractivity contribution in [3.05, 3.63) is 41.5 Å². The van der Waals surface area contributed by atoms with E-state index in [1.807, 2.05) is 4.90 Å². The molecule has 0 atom stereocenters. The minimum atomic E-state index is -0.0298. The molecule has 0 bridgehead atoms. The van der Waals surface area contributed by atoms with Gasteiger partial charge in [-0.2, -0.15) is 0 Å². The van der Waals surface area contributed by atoms with Crippen LogP contribution >= 0.6 is 11.6 Å². The summed E-state index contributed by atoms with van der Waals surface area (Å²) in [5.41, 5.74) is 1.84. The fourth-order valence-corrected chi connectivity index (χ4v) is 2.36. The standard InChI is InChI=1S/C14H13ClN3O/c15-10-8-13-11(16-9-10)4-5-12(17-13)14(19)18-6-2-1-3-7-18/h2,4-5,8-9H,1,3,6-7H2. The highest BCUT2D eigenvalue weighted by molar-refractivity contribution is 6.31. The molecule has 3 rings (SSSR count). The monoisotopic (exact) mass is 274 g/mol. The Kier molecular flexibility index (Phi) is 3.34. The van der Waals surface area contributed by atoms with E-state index in [0.717, 1.165) is 24.9 Å². The number of halogens is 1. The molecule has 1 aliphatic heterocycles. The molecule has 19 heavy (non-hydrogen) atoms. The second kappa shape index (κ2) is 5.13. The van der Waals surface area contributed by atoms with E-state index in [1.54, 1.807) is 24.4 Å². The predicted molar refractivity (Wildman–Crippen MR) is 74.0 cm³/mol. The number of amides is 1. The number of hydrogen-bond donors (Lipinski definition) is 0. The Balaban J connectivity index is 1.93. The van der Waals surface area contributed by atoms with Crippen molar-refractivity contribution in [3.63, 3.8) is 0 Å². The van der Waals surface area contributed by atoms with Crippen molar-refractivity contribution in [2.75, 3.05) is 13.1 Å². The van der Waals surface area contributed by atoms with Crippen LogP contribution < -0.4 is 0 Å². The molecule has 3 heterocycles. The average Bonchev–Trinajstić information content (AvgIpc) is 2.46. The number of hydrogen-bond acceptors (Lipinski definition) is 3. The fourth-order valence-electron chi connectivity index (χ4n) is 2.21. The van der Waals surface area contributed by atoms with E-state index in [9.17, 15) is 4.79 Å². The molecule has 0 spiro atoms. The zero-order valence-electron chi connectivity index (χ0n) is 10.3. The first-order chi connectivity index (χ1) is 9.24. The van der Waals surface area contributed by atoms with Crippen molar-refractivity contribution in [2.24, 2.45) is 0 Å². The molecular formula is C14H13ClN3O. The van der Waals surface area contributed by atoms with Crippen LogP contribution in [-0.2, 0) is 0 Å². The van der Waals surface area contributed by atoms with Crippen LogP contribution in [0.2, 0.25) is 5.02 Å². The summed E-state index contributed by atoms with van der Waals surface area (Å²) >= 11 is 5.90. The van der Waals surface area contributed by atoms with Crippen molar-refractivity contribution in [1.29, 1.82) is 0 Å². The highest BCUT2D eigenvalue weighted by atomic mass is 35.5. The summed E-state index contributed by atoms with van der Waals surface area (Å²) < 4.78 is 0. The quantitative estimate of drug-likeness (QED) is 0.803. The number of nitrogens with zero attached hydrogens (tertiary/aromatic N) is 3. The van der Waals surface area contributed by atoms with Crippen LogP contribution in [0.4, 0.5) is 0 Å². The van der Waals surface area contributed by atoms with Crippen molar-refractivity contribution in [3.8, 4) is 0 Å². The Bertz CT molecular complexity index is 623. The van der Waals surface area contributed by atoms with E-state index in [-0.39, 0.29) is 5.91 Å². The van der Waals surface area contributed by atoms with E-state index >= 15 is 0 Å². The van der Waals surface area contributed by atoms with Crippen LogP contribution in [0.1, 0.15) is 23.3 Å². The van der Waals surface area contributed by atoms with Crippen molar-refractivity contribution < 1.29 is 4.79 Å². The lowest BCUT2D eigenvalue weighted by molar-refractivity contribution is 0.0744. The first-order valence-corrected chi connectivity index (χ1v) is 6.65. The summed E-state index contributed by atoms with van der Waals surface area (Å²) in [6.07, 6.45) is 5.80. The lowest BCUT2D eigenvalue weighted by atomic mass is 10.1. The van der Waals surface area contributed by atoms with Crippen LogP contribution in [0.15, 0.2) is 24.4 Å². The smallest absolute Gasteiger partial charge is 0.272 e. The van der Waals surface area contributed by atoms with E-state index < -0.39 is 0 Å².